The summed E-state index contributed by atoms with van der Waals surface area (Å²) in [5.74, 6) is 1.67. The summed E-state index contributed by atoms with van der Waals surface area (Å²) in [6.45, 7) is 26.3. The van der Waals surface area contributed by atoms with E-state index >= 15 is 0 Å². The summed E-state index contributed by atoms with van der Waals surface area (Å²) >= 11 is 5.27. The van der Waals surface area contributed by atoms with E-state index in [0.29, 0.717) is 39.6 Å². The first-order chi connectivity index (χ1) is 38.5. The smallest absolute Gasteiger partial charge is 0.119 e. The van der Waals surface area contributed by atoms with Crippen LogP contribution < -0.4 is 9.47 Å². The fourth-order valence-corrected chi connectivity index (χ4v) is 15.1. The minimum Gasteiger partial charge on any atom is -0.491 e. The number of aryl methyl sites for hydroxylation is 2. The zero-order valence-electron chi connectivity index (χ0n) is 49.1. The van der Waals surface area contributed by atoms with Crippen LogP contribution in [-0.2, 0) is 38.6 Å². The highest BCUT2D eigenvalue weighted by molar-refractivity contribution is 7.19. The van der Waals surface area contributed by atoms with E-state index < -0.39 is 5.41 Å². The second-order valence-electron chi connectivity index (χ2n) is 22.6. The monoisotopic (exact) mass is 1110 g/mol. The molecular weight excluding hydrogens is 1030 g/mol. The van der Waals surface area contributed by atoms with Gasteiger partial charge in [-0.3, -0.25) is 0 Å². The third-order valence-electron chi connectivity index (χ3n) is 17.3. The highest BCUT2D eigenvalue weighted by atomic mass is 32.1. The maximum Gasteiger partial charge on any atom is 0.119 e. The Morgan fingerprint density at radius 2 is 0.987 bits per heavy atom. The molecule has 0 saturated heterocycles. The number of fused-ring (bicyclic) bond motifs is 4. The molecule has 5 aromatic carbocycles. The molecule has 1 aliphatic carbocycles. The SMILES string of the molecule is CCCCCCc1cc(-c2ccc(-c3cc(CCCCCC)c(C(C)(CC)CC)s3)c3nsnc23)sc1-c1ccc2c(c1)C(c1ccc(OCCOCC)cc1)(c1ccc(OCCOCC)cc1)c1cc(C(C)(C)CC)ccc1-2. The van der Waals surface area contributed by atoms with Gasteiger partial charge in [-0.15, -0.1) is 22.7 Å². The first-order valence-corrected chi connectivity index (χ1v) is 32.3. The van der Waals surface area contributed by atoms with E-state index in [1.54, 1.807) is 4.88 Å². The molecule has 0 spiro atoms. The van der Waals surface area contributed by atoms with Crippen molar-refractivity contribution in [3.8, 4) is 53.9 Å². The predicted molar refractivity (Wildman–Crippen MR) is 338 cm³/mol. The molecule has 0 fully saturated rings. The van der Waals surface area contributed by atoms with Gasteiger partial charge in [-0.05, 0) is 162 Å². The van der Waals surface area contributed by atoms with Crippen LogP contribution in [0.4, 0.5) is 0 Å². The van der Waals surface area contributed by atoms with Crippen LogP contribution in [0.2, 0.25) is 0 Å². The molecule has 6 nitrogen and oxygen atoms in total. The quantitative estimate of drug-likeness (QED) is 0.0418. The molecule has 0 amide bonds. The molecule has 1 aliphatic rings. The lowest BCUT2D eigenvalue weighted by molar-refractivity contribution is 0.110. The Morgan fingerprint density at radius 1 is 0.481 bits per heavy atom. The first kappa shape index (κ1) is 58.5. The number of hydrogen-bond donors (Lipinski definition) is 0. The molecule has 8 aromatic rings. The van der Waals surface area contributed by atoms with Crippen molar-refractivity contribution in [2.45, 2.75) is 169 Å². The van der Waals surface area contributed by atoms with Crippen LogP contribution in [0.1, 0.15) is 184 Å². The Kier molecular flexibility index (Phi) is 19.7. The standard InChI is InChI=1S/C70H86N2O4S3/c1-11-18-20-22-24-48-45-62(58-38-39-59(65-64(58)71-79-72-65)63-46-50(25-23-21-19-12-2)67(78-63)69(10,14-4)15-5)77-66(48)49-26-36-56-57-37-31-53(68(8,9)13-3)47-61(57)70(60(56)44-49,51-27-32-54(33-28-51)75-42-40-73-16-6)52-29-34-55(35-30-52)76-43-41-74-17-7/h26-39,44-47H,11-25,40-43H2,1-10H3. The summed E-state index contributed by atoms with van der Waals surface area (Å²) in [5, 5.41) is 0. The lowest BCUT2D eigenvalue weighted by atomic mass is 9.66. The maximum absolute atomic E-state index is 6.27. The number of nitrogens with zero attached hydrogens (tertiary/aromatic N) is 2. The van der Waals surface area contributed by atoms with Gasteiger partial charge in [0.2, 0.25) is 0 Å². The van der Waals surface area contributed by atoms with Gasteiger partial charge in [-0.2, -0.15) is 8.75 Å². The predicted octanol–water partition coefficient (Wildman–Crippen LogP) is 20.0. The Balaban J connectivity index is 1.20. The van der Waals surface area contributed by atoms with Crippen molar-refractivity contribution in [2.24, 2.45) is 0 Å². The van der Waals surface area contributed by atoms with E-state index in [9.17, 15) is 0 Å². The van der Waals surface area contributed by atoms with Crippen molar-refractivity contribution in [1.82, 2.24) is 8.75 Å². The van der Waals surface area contributed by atoms with Crippen LogP contribution >= 0.6 is 34.4 Å². The topological polar surface area (TPSA) is 62.7 Å². The fraction of sp³-hybridized carbons (Fsp3) is 0.457. The number of hydrogen-bond acceptors (Lipinski definition) is 9. The number of ether oxygens (including phenoxy) is 4. The minimum atomic E-state index is -0.660. The van der Waals surface area contributed by atoms with Gasteiger partial charge in [-0.25, -0.2) is 0 Å². The van der Waals surface area contributed by atoms with E-state index in [1.165, 1.54) is 138 Å². The molecule has 0 saturated carbocycles. The van der Waals surface area contributed by atoms with Gasteiger partial charge in [0.25, 0.3) is 0 Å². The van der Waals surface area contributed by atoms with Crippen LogP contribution in [0.25, 0.3) is 53.5 Å². The third-order valence-corrected chi connectivity index (χ3v) is 20.6. The fourth-order valence-electron chi connectivity index (χ4n) is 11.8. The Labute approximate surface area is 485 Å². The summed E-state index contributed by atoms with van der Waals surface area (Å²) in [4.78, 5) is 5.46. The molecule has 0 N–H and O–H groups in total. The lowest BCUT2D eigenvalue weighted by Gasteiger charge is -2.35. The molecule has 3 aromatic heterocycles. The summed E-state index contributed by atoms with van der Waals surface area (Å²) in [6, 6.07) is 42.1. The van der Waals surface area contributed by atoms with Crippen molar-refractivity contribution >= 4 is 45.4 Å². The molecule has 0 bridgehead atoms. The van der Waals surface area contributed by atoms with E-state index in [-0.39, 0.29) is 10.8 Å². The number of benzene rings is 5. The number of aromatic nitrogens is 2. The summed E-state index contributed by atoms with van der Waals surface area (Å²) in [7, 11) is 0. The highest BCUT2D eigenvalue weighted by Gasteiger charge is 2.47. The van der Waals surface area contributed by atoms with Crippen LogP contribution in [0.3, 0.4) is 0 Å². The van der Waals surface area contributed by atoms with Gasteiger partial charge < -0.3 is 18.9 Å². The highest BCUT2D eigenvalue weighted by Crippen LogP contribution is 2.58. The maximum atomic E-state index is 6.27. The van der Waals surface area contributed by atoms with Crippen molar-refractivity contribution in [3.63, 3.8) is 0 Å². The first-order valence-electron chi connectivity index (χ1n) is 29.9. The van der Waals surface area contributed by atoms with Crippen molar-refractivity contribution < 1.29 is 18.9 Å². The molecule has 9 heteroatoms. The van der Waals surface area contributed by atoms with Crippen LogP contribution in [0.5, 0.6) is 11.5 Å². The van der Waals surface area contributed by atoms with Gasteiger partial charge in [0.05, 0.1) is 30.4 Å². The normalized spacial score (nSPS) is 13.1. The van der Waals surface area contributed by atoms with Crippen molar-refractivity contribution in [2.75, 3.05) is 39.6 Å². The average Bonchev–Trinajstić information content (AvgIpc) is 4.42. The molecule has 418 valence electrons. The Hall–Kier alpha value is -5.16. The molecule has 0 aliphatic heterocycles. The Bertz CT molecular complexity index is 3190. The van der Waals surface area contributed by atoms with Crippen LogP contribution in [0, 0.1) is 0 Å². The van der Waals surface area contributed by atoms with Gasteiger partial charge in [-0.1, -0.05) is 161 Å². The minimum absolute atomic E-state index is 0.0250. The summed E-state index contributed by atoms with van der Waals surface area (Å²) in [6.07, 6.45) is 15.3. The second-order valence-corrected chi connectivity index (χ2v) is 25.2. The zero-order chi connectivity index (χ0) is 55.6. The molecule has 0 unspecified atom stereocenters. The van der Waals surface area contributed by atoms with Crippen molar-refractivity contribution in [1.29, 1.82) is 0 Å². The molecule has 0 atom stereocenters. The van der Waals surface area contributed by atoms with Gasteiger partial charge >= 0.3 is 0 Å². The van der Waals surface area contributed by atoms with E-state index in [1.807, 2.05) is 36.5 Å². The van der Waals surface area contributed by atoms with Gasteiger partial charge in [0.15, 0.2) is 0 Å². The lowest BCUT2D eigenvalue weighted by Crippen LogP contribution is -2.29. The van der Waals surface area contributed by atoms with E-state index in [0.717, 1.165) is 61.1 Å². The van der Waals surface area contributed by atoms with Crippen LogP contribution in [0.15, 0.2) is 109 Å². The van der Waals surface area contributed by atoms with Gasteiger partial charge in [0, 0.05) is 49.3 Å². The van der Waals surface area contributed by atoms with Crippen molar-refractivity contribution in [3.05, 3.63) is 153 Å². The second kappa shape index (κ2) is 26.6. The third kappa shape index (κ3) is 12.2. The molecule has 3 heterocycles. The van der Waals surface area contributed by atoms with Gasteiger partial charge in [0.1, 0.15) is 35.7 Å². The molecule has 79 heavy (non-hydrogen) atoms. The molecule has 9 rings (SSSR count). The average molecular weight is 1120 g/mol. The largest absolute Gasteiger partial charge is 0.491 e. The molecule has 0 radical (unpaired) electrons. The summed E-state index contributed by atoms with van der Waals surface area (Å²) < 4.78 is 34.0. The zero-order valence-corrected chi connectivity index (χ0v) is 51.5. The van der Waals surface area contributed by atoms with E-state index in [4.69, 9.17) is 27.7 Å². The number of unbranched alkanes of at least 4 members (excludes halogenated alkanes) is 6. The van der Waals surface area contributed by atoms with E-state index in [2.05, 4.69) is 165 Å². The summed E-state index contributed by atoms with van der Waals surface area (Å²) in [5.41, 5.74) is 16.9. The number of thiophene rings is 2. The molecular formula is C70H86N2O4S3. The Morgan fingerprint density at radius 3 is 1.52 bits per heavy atom. The van der Waals surface area contributed by atoms with Crippen LogP contribution in [-0.4, -0.2) is 48.4 Å². The number of rotatable bonds is 30.